The quantitative estimate of drug-likeness (QED) is 0.478. The van der Waals surface area contributed by atoms with E-state index in [-0.39, 0.29) is 0 Å². The maximum Gasteiger partial charge on any atom is 0.272 e. The summed E-state index contributed by atoms with van der Waals surface area (Å²) in [5, 5.41) is 0.339. The minimum Gasteiger partial charge on any atom is -0.380 e. The molecule has 1 aliphatic rings. The normalized spacial score (nSPS) is 16.6. The first-order valence-corrected chi connectivity index (χ1v) is 10.2. The topological polar surface area (TPSA) is 76.1 Å². The lowest BCUT2D eigenvalue weighted by molar-refractivity contribution is -0.386. The molecule has 1 N–H and O–H groups in total. The summed E-state index contributed by atoms with van der Waals surface area (Å²) in [4.78, 5) is 10.6. The van der Waals surface area contributed by atoms with Crippen molar-refractivity contribution in [3.63, 3.8) is 0 Å². The van der Waals surface area contributed by atoms with Crippen LogP contribution in [0.2, 0.25) is 0 Å². The number of hydrogen-bond acceptors (Lipinski definition) is 5. The van der Waals surface area contributed by atoms with E-state index in [4.69, 9.17) is 9.68 Å². The third-order valence-corrected chi connectivity index (χ3v) is 5.36. The third kappa shape index (κ3) is 5.73. The lowest BCUT2D eigenvalue weighted by Gasteiger charge is -2.30. The molecule has 0 aromatic heterocycles. The number of unbranched alkanes of at least 4 members (excludes halogenated alkanes) is 5. The molecule has 0 bridgehead atoms. The fourth-order valence-corrected chi connectivity index (χ4v) is 3.73. The highest BCUT2D eigenvalue weighted by Crippen LogP contribution is 2.35. The van der Waals surface area contributed by atoms with E-state index in [0.717, 1.165) is 19.3 Å². The molecule has 1 saturated heterocycles. The molecule has 1 aromatic carbocycles. The summed E-state index contributed by atoms with van der Waals surface area (Å²) in [7, 11) is -4.20. The van der Waals surface area contributed by atoms with Crippen molar-refractivity contribution in [2.75, 3.05) is 13.2 Å². The van der Waals surface area contributed by atoms with Gasteiger partial charge >= 0.3 is 0 Å². The van der Waals surface area contributed by atoms with Crippen LogP contribution in [0, 0.1) is 0 Å². The van der Waals surface area contributed by atoms with Crippen molar-refractivity contribution >= 4 is 10.1 Å². The average molecular weight is 357 g/mol. The highest BCUT2D eigenvalue weighted by atomic mass is 32.2. The highest BCUT2D eigenvalue weighted by molar-refractivity contribution is 7.86. The Morgan fingerprint density at radius 2 is 1.88 bits per heavy atom. The highest BCUT2D eigenvalue weighted by Gasteiger charge is 2.29. The van der Waals surface area contributed by atoms with Crippen LogP contribution in [-0.2, 0) is 15.0 Å². The zero-order valence-corrected chi connectivity index (χ0v) is 15.0. The Labute approximate surface area is 144 Å². The SMILES string of the molecule is CCCCCCCCC(c1ccccc1ON1CCO1)S(=O)(=O)O. The number of benzene rings is 1. The predicted octanol–water partition coefficient (Wildman–Crippen LogP) is 3.91. The van der Waals surface area contributed by atoms with Crippen molar-refractivity contribution in [2.24, 2.45) is 0 Å². The van der Waals surface area contributed by atoms with Gasteiger partial charge < -0.3 is 4.84 Å². The molecular weight excluding hydrogens is 330 g/mol. The molecule has 0 spiro atoms. The van der Waals surface area contributed by atoms with Gasteiger partial charge in [0.2, 0.25) is 0 Å². The van der Waals surface area contributed by atoms with Gasteiger partial charge in [-0.3, -0.25) is 9.39 Å². The summed E-state index contributed by atoms with van der Waals surface area (Å²) < 4.78 is 33.4. The van der Waals surface area contributed by atoms with Crippen LogP contribution in [0.5, 0.6) is 5.75 Å². The molecule has 0 amide bonds. The van der Waals surface area contributed by atoms with Crippen LogP contribution in [0.15, 0.2) is 24.3 Å². The van der Waals surface area contributed by atoms with E-state index in [9.17, 15) is 13.0 Å². The second-order valence-electron chi connectivity index (χ2n) is 6.08. The van der Waals surface area contributed by atoms with Crippen molar-refractivity contribution in [3.8, 4) is 5.75 Å². The van der Waals surface area contributed by atoms with Crippen molar-refractivity contribution in [1.82, 2.24) is 5.23 Å². The van der Waals surface area contributed by atoms with Crippen LogP contribution in [0.25, 0.3) is 0 Å². The molecule has 1 atom stereocenters. The largest absolute Gasteiger partial charge is 0.380 e. The number of hydrogen-bond donors (Lipinski definition) is 1. The smallest absolute Gasteiger partial charge is 0.272 e. The Morgan fingerprint density at radius 3 is 2.50 bits per heavy atom. The van der Waals surface area contributed by atoms with Gasteiger partial charge in [-0.25, -0.2) is 0 Å². The van der Waals surface area contributed by atoms with Gasteiger partial charge in [-0.15, -0.1) is 0 Å². The van der Waals surface area contributed by atoms with Gasteiger partial charge in [0.25, 0.3) is 10.1 Å². The molecule has 2 rings (SSSR count). The molecule has 0 saturated carbocycles. The Bertz CT molecular complexity index is 601. The van der Waals surface area contributed by atoms with Gasteiger partial charge in [-0.05, 0) is 17.7 Å². The van der Waals surface area contributed by atoms with Crippen LogP contribution in [0.3, 0.4) is 0 Å². The Balaban J connectivity index is 2.02. The number of para-hydroxylation sites is 1. The molecule has 1 heterocycles. The van der Waals surface area contributed by atoms with Crippen molar-refractivity contribution in [3.05, 3.63) is 29.8 Å². The van der Waals surface area contributed by atoms with Crippen LogP contribution < -0.4 is 4.84 Å². The lowest BCUT2D eigenvalue weighted by atomic mass is 10.0. The van der Waals surface area contributed by atoms with Crippen molar-refractivity contribution in [1.29, 1.82) is 0 Å². The summed E-state index contributed by atoms with van der Waals surface area (Å²) in [6, 6.07) is 6.89. The molecule has 24 heavy (non-hydrogen) atoms. The summed E-state index contributed by atoms with van der Waals surface area (Å²) in [5.41, 5.74) is 0.476. The number of nitrogens with zero attached hydrogens (tertiary/aromatic N) is 1. The van der Waals surface area contributed by atoms with E-state index in [1.165, 1.54) is 24.5 Å². The second kappa shape index (κ2) is 9.36. The zero-order chi connectivity index (χ0) is 17.4. The van der Waals surface area contributed by atoms with Crippen LogP contribution in [0.4, 0.5) is 0 Å². The van der Waals surface area contributed by atoms with Gasteiger partial charge in [0, 0.05) is 5.56 Å². The number of hydroxylamine groups is 2. The minimum atomic E-state index is -4.20. The van der Waals surface area contributed by atoms with Gasteiger partial charge in [0.1, 0.15) is 5.25 Å². The third-order valence-electron chi connectivity index (χ3n) is 4.15. The Morgan fingerprint density at radius 1 is 1.21 bits per heavy atom. The molecular formula is C17H27NO5S. The molecule has 136 valence electrons. The first-order valence-electron chi connectivity index (χ1n) is 8.66. The van der Waals surface area contributed by atoms with E-state index in [1.807, 2.05) is 0 Å². The summed E-state index contributed by atoms with van der Waals surface area (Å²) in [6.07, 6.45) is 6.73. The second-order valence-corrected chi connectivity index (χ2v) is 7.68. The Hall–Kier alpha value is -1.15. The summed E-state index contributed by atoms with van der Waals surface area (Å²) in [6.45, 7) is 3.37. The molecule has 1 unspecified atom stereocenters. The van der Waals surface area contributed by atoms with E-state index < -0.39 is 15.4 Å². The van der Waals surface area contributed by atoms with Gasteiger partial charge in [-0.2, -0.15) is 8.42 Å². The van der Waals surface area contributed by atoms with Crippen LogP contribution >= 0.6 is 0 Å². The van der Waals surface area contributed by atoms with E-state index in [1.54, 1.807) is 24.3 Å². The van der Waals surface area contributed by atoms with Crippen molar-refractivity contribution in [2.45, 2.75) is 57.1 Å². The van der Waals surface area contributed by atoms with E-state index in [2.05, 4.69) is 6.92 Å². The molecule has 1 aliphatic heterocycles. The molecule has 0 radical (unpaired) electrons. The lowest BCUT2D eigenvalue weighted by Crippen LogP contribution is -2.42. The van der Waals surface area contributed by atoms with Gasteiger partial charge in [0.15, 0.2) is 5.75 Å². The van der Waals surface area contributed by atoms with Gasteiger partial charge in [0.05, 0.1) is 13.2 Å². The maximum absolute atomic E-state index is 11.9. The standard InChI is InChI=1S/C17H27NO5S/c1-2-3-4-5-6-7-12-17(24(19,20)21)15-10-8-9-11-16(15)23-18-13-14-22-18/h8-11,17H,2-7,12-14H2,1H3,(H,19,20,21). The monoisotopic (exact) mass is 357 g/mol. The first-order chi connectivity index (χ1) is 11.5. The summed E-state index contributed by atoms with van der Waals surface area (Å²) in [5.74, 6) is 0.408. The van der Waals surface area contributed by atoms with E-state index >= 15 is 0 Å². The fourth-order valence-electron chi connectivity index (χ4n) is 2.75. The van der Waals surface area contributed by atoms with Gasteiger partial charge in [-0.1, -0.05) is 63.6 Å². The number of rotatable bonds is 11. The average Bonchev–Trinajstić information content (AvgIpc) is 2.50. The minimum absolute atomic E-state index is 0.381. The van der Waals surface area contributed by atoms with Crippen molar-refractivity contribution < 1.29 is 22.6 Å². The van der Waals surface area contributed by atoms with Crippen LogP contribution in [0.1, 0.15) is 62.7 Å². The Kier molecular flexibility index (Phi) is 7.48. The summed E-state index contributed by atoms with van der Waals surface area (Å²) >= 11 is 0. The molecule has 1 aromatic rings. The van der Waals surface area contributed by atoms with Crippen LogP contribution in [-0.4, -0.2) is 31.3 Å². The molecule has 1 fully saturated rings. The van der Waals surface area contributed by atoms with E-state index in [0.29, 0.717) is 30.9 Å². The maximum atomic E-state index is 11.9. The molecule has 6 nitrogen and oxygen atoms in total. The molecule has 7 heteroatoms. The first kappa shape index (κ1) is 19.2. The molecule has 0 aliphatic carbocycles. The fraction of sp³-hybridized carbons (Fsp3) is 0.647. The predicted molar refractivity (Wildman–Crippen MR) is 92.0 cm³/mol. The zero-order valence-electron chi connectivity index (χ0n) is 14.2.